The summed E-state index contributed by atoms with van der Waals surface area (Å²) < 4.78 is 8.07. The number of benzene rings is 2. The lowest BCUT2D eigenvalue weighted by Gasteiger charge is -2.11. The van der Waals surface area contributed by atoms with Gasteiger partial charge in [-0.05, 0) is 36.4 Å². The van der Waals surface area contributed by atoms with Gasteiger partial charge in [0.25, 0.3) is 5.91 Å². The quantitative estimate of drug-likeness (QED) is 0.503. The largest absolute Gasteiger partial charge is 0.483 e. The molecule has 4 rings (SSSR count). The zero-order chi connectivity index (χ0) is 18.1. The second kappa shape index (κ2) is 7.05. The normalized spacial score (nSPS) is 11.2. The lowest BCUT2D eigenvalue weighted by Crippen LogP contribution is -2.20. The van der Waals surface area contributed by atoms with Crippen molar-refractivity contribution in [2.75, 3.05) is 11.9 Å². The van der Waals surface area contributed by atoms with Crippen LogP contribution in [-0.2, 0) is 11.2 Å². The highest BCUT2D eigenvalue weighted by Crippen LogP contribution is 2.38. The molecule has 0 aliphatic heterocycles. The zero-order valence-corrected chi connectivity index (χ0v) is 16.2. The molecule has 2 aromatic heterocycles. The molecule has 0 saturated heterocycles. The lowest BCUT2D eigenvalue weighted by molar-refractivity contribution is -0.118. The van der Waals surface area contributed by atoms with E-state index in [9.17, 15) is 4.79 Å². The van der Waals surface area contributed by atoms with Gasteiger partial charge in [-0.1, -0.05) is 25.1 Å². The van der Waals surface area contributed by atoms with Crippen molar-refractivity contribution in [2.45, 2.75) is 20.3 Å². The van der Waals surface area contributed by atoms with Crippen molar-refractivity contribution in [3.63, 3.8) is 0 Å². The number of hydrogen-bond donors (Lipinski definition) is 1. The van der Waals surface area contributed by atoms with E-state index >= 15 is 0 Å². The summed E-state index contributed by atoms with van der Waals surface area (Å²) in [5, 5.41) is 7.01. The first-order chi connectivity index (χ1) is 12.7. The number of nitrogens with one attached hydrogen (secondary N) is 1. The monoisotopic (exact) mass is 382 g/mol. The van der Waals surface area contributed by atoms with Crippen molar-refractivity contribution < 1.29 is 9.53 Å². The van der Waals surface area contributed by atoms with Gasteiger partial charge in [0, 0.05) is 17.1 Å². The average Bonchev–Trinajstić information content (AvgIpc) is 3.25. The summed E-state index contributed by atoms with van der Waals surface area (Å²) in [6.07, 6.45) is 0.869. The van der Waals surface area contributed by atoms with Crippen LogP contribution >= 0.6 is 22.7 Å². The maximum Gasteiger partial charge on any atom is 0.262 e. The smallest absolute Gasteiger partial charge is 0.262 e. The summed E-state index contributed by atoms with van der Waals surface area (Å²) in [6, 6.07) is 11.8. The van der Waals surface area contributed by atoms with E-state index in [0.717, 1.165) is 48.7 Å². The molecule has 4 nitrogen and oxygen atoms in total. The number of nitrogens with zero attached hydrogens (tertiary/aromatic N) is 1. The van der Waals surface area contributed by atoms with E-state index in [1.54, 1.807) is 22.7 Å². The molecule has 0 aliphatic carbocycles. The topological polar surface area (TPSA) is 51.2 Å². The Morgan fingerprint density at radius 1 is 1.27 bits per heavy atom. The van der Waals surface area contributed by atoms with Gasteiger partial charge in [-0.15, -0.1) is 22.7 Å². The van der Waals surface area contributed by atoms with Crippen molar-refractivity contribution >= 4 is 54.6 Å². The maximum absolute atomic E-state index is 12.4. The van der Waals surface area contributed by atoms with Gasteiger partial charge < -0.3 is 10.1 Å². The van der Waals surface area contributed by atoms with Gasteiger partial charge in [-0.25, -0.2) is 4.98 Å². The van der Waals surface area contributed by atoms with Gasteiger partial charge in [0.2, 0.25) is 0 Å². The molecule has 0 bridgehead atoms. The van der Waals surface area contributed by atoms with Crippen molar-refractivity contribution in [1.82, 2.24) is 4.98 Å². The summed E-state index contributed by atoms with van der Waals surface area (Å²) in [7, 11) is 0. The Kier molecular flexibility index (Phi) is 4.61. The minimum absolute atomic E-state index is 0.0215. The molecule has 0 spiro atoms. The Morgan fingerprint density at radius 3 is 2.96 bits per heavy atom. The highest BCUT2D eigenvalue weighted by atomic mass is 32.1. The highest BCUT2D eigenvalue weighted by molar-refractivity contribution is 7.21. The summed E-state index contributed by atoms with van der Waals surface area (Å²) in [5.41, 5.74) is 2.98. The fourth-order valence-corrected chi connectivity index (χ4v) is 4.82. The molecule has 6 heteroatoms. The average molecular weight is 383 g/mol. The third-order valence-corrected chi connectivity index (χ3v) is 6.04. The van der Waals surface area contributed by atoms with Gasteiger partial charge in [-0.3, -0.25) is 4.79 Å². The number of aromatic nitrogens is 1. The number of anilines is 1. The Balaban J connectivity index is 1.55. The molecule has 1 N–H and O–H groups in total. The molecule has 0 saturated carbocycles. The van der Waals surface area contributed by atoms with Crippen molar-refractivity contribution in [3.05, 3.63) is 52.3 Å². The van der Waals surface area contributed by atoms with Crippen molar-refractivity contribution in [2.24, 2.45) is 0 Å². The number of fused-ring (bicyclic) bond motifs is 3. The van der Waals surface area contributed by atoms with Crippen LogP contribution in [0, 0.1) is 6.92 Å². The van der Waals surface area contributed by atoms with Gasteiger partial charge >= 0.3 is 0 Å². The third kappa shape index (κ3) is 3.18. The van der Waals surface area contributed by atoms with Crippen LogP contribution < -0.4 is 10.1 Å². The third-order valence-electron chi connectivity index (χ3n) is 4.20. The Labute approximate surface area is 159 Å². The SMILES string of the molecule is CCc1ccccc1NC(=O)COc1cc2sc(C)nc2c2sccc12. The number of ether oxygens (including phenoxy) is 1. The molecule has 0 radical (unpaired) electrons. The minimum Gasteiger partial charge on any atom is -0.483 e. The molecule has 0 aliphatic rings. The number of thiazole rings is 1. The lowest BCUT2D eigenvalue weighted by atomic mass is 10.1. The molecule has 1 amide bonds. The predicted molar refractivity (Wildman–Crippen MR) is 110 cm³/mol. The summed E-state index contributed by atoms with van der Waals surface area (Å²) in [6.45, 7) is 4.05. The fraction of sp³-hybridized carbons (Fsp3) is 0.200. The van der Waals surface area contributed by atoms with Crippen LogP contribution in [-0.4, -0.2) is 17.5 Å². The van der Waals surface area contributed by atoms with Crippen LogP contribution in [0.2, 0.25) is 0 Å². The second-order valence-electron chi connectivity index (χ2n) is 5.97. The van der Waals surface area contributed by atoms with E-state index in [1.807, 2.05) is 48.7 Å². The molecule has 0 atom stereocenters. The molecule has 26 heavy (non-hydrogen) atoms. The first kappa shape index (κ1) is 17.0. The number of hydrogen-bond acceptors (Lipinski definition) is 5. The van der Waals surface area contributed by atoms with E-state index < -0.39 is 0 Å². The highest BCUT2D eigenvalue weighted by Gasteiger charge is 2.14. The summed E-state index contributed by atoms with van der Waals surface area (Å²) in [5.74, 6) is 0.575. The number of carbonyl (C=O) groups excluding carboxylic acids is 1. The van der Waals surface area contributed by atoms with Gasteiger partial charge in [0.05, 0.1) is 19.9 Å². The second-order valence-corrected chi connectivity index (χ2v) is 8.12. The fourth-order valence-electron chi connectivity index (χ4n) is 2.99. The number of thiophene rings is 1. The van der Waals surface area contributed by atoms with Crippen LogP contribution in [0.25, 0.3) is 20.3 Å². The van der Waals surface area contributed by atoms with Crippen LogP contribution in [0.15, 0.2) is 41.8 Å². The van der Waals surface area contributed by atoms with E-state index in [2.05, 4.69) is 17.2 Å². The minimum atomic E-state index is -0.158. The van der Waals surface area contributed by atoms with Gasteiger partial charge in [0.15, 0.2) is 6.61 Å². The first-order valence-corrected chi connectivity index (χ1v) is 10.1. The first-order valence-electron chi connectivity index (χ1n) is 8.43. The van der Waals surface area contributed by atoms with Crippen LogP contribution in [0.1, 0.15) is 17.5 Å². The van der Waals surface area contributed by atoms with E-state index in [4.69, 9.17) is 4.74 Å². The molecular weight excluding hydrogens is 364 g/mol. The van der Waals surface area contributed by atoms with Crippen LogP contribution in [0.3, 0.4) is 0 Å². The number of rotatable bonds is 5. The zero-order valence-electron chi connectivity index (χ0n) is 14.5. The molecule has 4 aromatic rings. The Bertz CT molecular complexity index is 1100. The van der Waals surface area contributed by atoms with Gasteiger partial charge in [0.1, 0.15) is 5.75 Å². The number of amides is 1. The van der Waals surface area contributed by atoms with Crippen molar-refractivity contribution in [3.8, 4) is 5.75 Å². The molecular formula is C20H18N2O2S2. The number of para-hydroxylation sites is 1. The number of aryl methyl sites for hydroxylation is 2. The van der Waals surface area contributed by atoms with E-state index in [-0.39, 0.29) is 12.5 Å². The van der Waals surface area contributed by atoms with Crippen LogP contribution in [0.4, 0.5) is 5.69 Å². The Morgan fingerprint density at radius 2 is 2.12 bits per heavy atom. The van der Waals surface area contributed by atoms with E-state index in [1.165, 1.54) is 0 Å². The molecule has 132 valence electrons. The van der Waals surface area contributed by atoms with Crippen molar-refractivity contribution in [1.29, 1.82) is 0 Å². The molecule has 2 aromatic carbocycles. The predicted octanol–water partition coefficient (Wildman–Crippen LogP) is 5.40. The summed E-state index contributed by atoms with van der Waals surface area (Å²) in [4.78, 5) is 17.0. The maximum atomic E-state index is 12.4. The van der Waals surface area contributed by atoms with Crippen LogP contribution in [0.5, 0.6) is 5.75 Å². The molecule has 0 fully saturated rings. The Hall–Kier alpha value is -2.44. The van der Waals surface area contributed by atoms with E-state index in [0.29, 0.717) is 0 Å². The molecule has 2 heterocycles. The van der Waals surface area contributed by atoms with Gasteiger partial charge in [-0.2, -0.15) is 0 Å². The molecule has 0 unspecified atom stereocenters. The number of carbonyl (C=O) groups is 1. The summed E-state index contributed by atoms with van der Waals surface area (Å²) >= 11 is 3.29. The standard InChI is InChI=1S/C20H18N2O2S2/c1-3-13-6-4-5-7-15(13)22-18(23)11-24-16-10-17-19(21-12(2)26-17)20-14(16)8-9-25-20/h4-10H,3,11H2,1-2H3,(H,22,23).